The van der Waals surface area contributed by atoms with Gasteiger partial charge in [0.15, 0.2) is 5.78 Å². The molecule has 152 valence electrons. The van der Waals surface area contributed by atoms with E-state index >= 15 is 0 Å². The molecule has 2 saturated heterocycles. The van der Waals surface area contributed by atoms with Crippen LogP contribution < -0.4 is 0 Å². The van der Waals surface area contributed by atoms with Gasteiger partial charge in [-0.2, -0.15) is 0 Å². The first-order valence-electron chi connectivity index (χ1n) is 10.3. The Bertz CT molecular complexity index is 814. The van der Waals surface area contributed by atoms with Gasteiger partial charge in [-0.05, 0) is 42.1 Å². The third kappa shape index (κ3) is 1.80. The summed E-state index contributed by atoms with van der Waals surface area (Å²) >= 11 is 0. The number of rotatable bonds is 1. The summed E-state index contributed by atoms with van der Waals surface area (Å²) in [5.41, 5.74) is -1.70. The lowest BCUT2D eigenvalue weighted by atomic mass is 9.37. The van der Waals surface area contributed by atoms with Crippen molar-refractivity contribution >= 4 is 17.5 Å². The normalized spacial score (nSPS) is 50.9. The molecule has 0 aromatic rings. The molecule has 0 radical (unpaired) electrons. The monoisotopic (exact) mass is 388 g/mol. The molecule has 6 fully saturated rings. The minimum absolute atomic E-state index is 0.0775. The van der Waals surface area contributed by atoms with E-state index in [1.54, 1.807) is 0 Å². The van der Waals surface area contributed by atoms with Crippen molar-refractivity contribution in [3.63, 3.8) is 0 Å². The SMILES string of the molecule is C=C1C2CC[C@@H]3C(C2)(C(=O)C(O)[C@@H]2C(C)(C)[C@@H]4CC(=O)C32CO4)C1OC(C)=O. The lowest BCUT2D eigenvalue weighted by Gasteiger charge is -2.68. The fraction of sp³-hybridized carbons (Fsp3) is 0.773. The van der Waals surface area contributed by atoms with Crippen molar-refractivity contribution in [2.24, 2.45) is 34.0 Å². The summed E-state index contributed by atoms with van der Waals surface area (Å²) in [5, 5.41) is 11.3. The standard InChI is InChI=1S/C22H28O6/c1-10-12-5-6-13-21(8-12,19(10)28-11(2)23)18(26)16(25)17-20(3,4)15-7-14(24)22(13,17)9-27-15/h12-13,15-17,19,25H,1,5-9H2,2-4H3/t12?,13-,15+,16?,17-,19?,21?,22?/m1/s1. The summed E-state index contributed by atoms with van der Waals surface area (Å²) in [7, 11) is 0. The molecule has 6 nitrogen and oxygen atoms in total. The Morgan fingerprint density at radius 1 is 1.25 bits per heavy atom. The molecule has 28 heavy (non-hydrogen) atoms. The molecule has 1 N–H and O–H groups in total. The van der Waals surface area contributed by atoms with Crippen molar-refractivity contribution in [1.29, 1.82) is 0 Å². The molecule has 0 amide bonds. The summed E-state index contributed by atoms with van der Waals surface area (Å²) in [5.74, 6) is -1.32. The number of esters is 1. The Kier molecular flexibility index (Phi) is 3.52. The first-order valence-corrected chi connectivity index (χ1v) is 10.3. The number of hydrogen-bond donors (Lipinski definition) is 1. The Morgan fingerprint density at radius 2 is 1.96 bits per heavy atom. The summed E-state index contributed by atoms with van der Waals surface area (Å²) in [4.78, 5) is 39.1. The van der Waals surface area contributed by atoms with Crippen molar-refractivity contribution in [2.45, 2.75) is 64.8 Å². The second-order valence-electron chi connectivity index (χ2n) is 10.2. The van der Waals surface area contributed by atoms with Crippen LogP contribution in [0.4, 0.5) is 0 Å². The maximum absolute atomic E-state index is 13.8. The highest BCUT2D eigenvalue weighted by molar-refractivity contribution is 5.98. The van der Waals surface area contributed by atoms with Crippen LogP contribution in [-0.4, -0.2) is 47.6 Å². The molecule has 2 aliphatic heterocycles. The number of ketones is 2. The van der Waals surface area contributed by atoms with E-state index in [2.05, 4.69) is 6.58 Å². The molecular formula is C22H28O6. The van der Waals surface area contributed by atoms with E-state index in [9.17, 15) is 19.5 Å². The molecule has 6 heteroatoms. The minimum Gasteiger partial charge on any atom is -0.457 e. The highest BCUT2D eigenvalue weighted by Crippen LogP contribution is 2.72. The van der Waals surface area contributed by atoms with Gasteiger partial charge in [0.25, 0.3) is 0 Å². The second kappa shape index (κ2) is 5.33. The number of Topliss-reactive ketones (excluding diaryl/α,β-unsaturated/α-hetero) is 2. The van der Waals surface area contributed by atoms with Crippen LogP contribution in [0.1, 0.15) is 46.5 Å². The lowest BCUT2D eigenvalue weighted by Crippen LogP contribution is -2.77. The van der Waals surface area contributed by atoms with Gasteiger partial charge < -0.3 is 14.6 Å². The molecule has 2 heterocycles. The highest BCUT2D eigenvalue weighted by atomic mass is 16.5. The third-order valence-electron chi connectivity index (χ3n) is 8.89. The van der Waals surface area contributed by atoms with Crippen LogP contribution in [0.15, 0.2) is 12.2 Å². The van der Waals surface area contributed by atoms with Gasteiger partial charge in [0.2, 0.25) is 0 Å². The van der Waals surface area contributed by atoms with Crippen molar-refractivity contribution in [3.8, 4) is 0 Å². The average Bonchev–Trinajstić information content (AvgIpc) is 2.82. The van der Waals surface area contributed by atoms with Crippen LogP contribution in [0.25, 0.3) is 0 Å². The van der Waals surface area contributed by atoms with E-state index < -0.39 is 40.3 Å². The number of carbonyl (C=O) groups is 3. The molecule has 8 atom stereocenters. The molecule has 4 bridgehead atoms. The number of hydrogen-bond acceptors (Lipinski definition) is 6. The van der Waals surface area contributed by atoms with Crippen molar-refractivity contribution in [1.82, 2.24) is 0 Å². The molecule has 0 aromatic heterocycles. The van der Waals surface area contributed by atoms with E-state index in [-0.39, 0.29) is 36.1 Å². The highest BCUT2D eigenvalue weighted by Gasteiger charge is 2.79. The maximum Gasteiger partial charge on any atom is 0.303 e. The molecule has 4 saturated carbocycles. The quantitative estimate of drug-likeness (QED) is 0.545. The number of aliphatic hydroxyl groups is 1. The van der Waals surface area contributed by atoms with Gasteiger partial charge >= 0.3 is 5.97 Å². The zero-order valence-corrected chi connectivity index (χ0v) is 16.7. The van der Waals surface area contributed by atoms with Crippen molar-refractivity contribution in [3.05, 3.63) is 12.2 Å². The van der Waals surface area contributed by atoms with Gasteiger partial charge in [0, 0.05) is 19.3 Å². The van der Waals surface area contributed by atoms with Crippen LogP contribution in [0, 0.1) is 34.0 Å². The molecule has 6 rings (SSSR count). The lowest BCUT2D eigenvalue weighted by molar-refractivity contribution is -0.275. The molecular weight excluding hydrogens is 360 g/mol. The van der Waals surface area contributed by atoms with Crippen LogP contribution in [0.2, 0.25) is 0 Å². The van der Waals surface area contributed by atoms with Gasteiger partial charge in [-0.15, -0.1) is 0 Å². The van der Waals surface area contributed by atoms with E-state index in [0.717, 1.165) is 12.0 Å². The Morgan fingerprint density at radius 3 is 2.61 bits per heavy atom. The van der Waals surface area contributed by atoms with Crippen molar-refractivity contribution in [2.75, 3.05) is 6.61 Å². The molecule has 0 aromatic carbocycles. The van der Waals surface area contributed by atoms with Crippen LogP contribution >= 0.6 is 0 Å². The van der Waals surface area contributed by atoms with Crippen molar-refractivity contribution < 1.29 is 29.0 Å². The first kappa shape index (κ1) is 18.5. The second-order valence-corrected chi connectivity index (χ2v) is 10.2. The minimum atomic E-state index is -1.26. The van der Waals surface area contributed by atoms with E-state index in [1.165, 1.54) is 6.92 Å². The summed E-state index contributed by atoms with van der Waals surface area (Å²) in [6.07, 6.45) is 0.0162. The number of aliphatic hydroxyl groups excluding tert-OH is 1. The zero-order chi connectivity index (χ0) is 20.2. The fourth-order valence-electron chi connectivity index (χ4n) is 7.86. The zero-order valence-electron chi connectivity index (χ0n) is 16.7. The molecule has 4 aliphatic carbocycles. The van der Waals surface area contributed by atoms with Gasteiger partial charge in [-0.3, -0.25) is 14.4 Å². The summed E-state index contributed by atoms with van der Waals surface area (Å²) in [6.45, 7) is 9.73. The van der Waals surface area contributed by atoms with E-state index in [0.29, 0.717) is 19.3 Å². The summed E-state index contributed by atoms with van der Waals surface area (Å²) in [6, 6.07) is 0. The molecule has 6 aliphatic rings. The number of carbonyl (C=O) groups excluding carboxylic acids is 3. The van der Waals surface area contributed by atoms with Crippen LogP contribution in [0.5, 0.6) is 0 Å². The maximum atomic E-state index is 13.8. The van der Waals surface area contributed by atoms with Gasteiger partial charge in [-0.25, -0.2) is 0 Å². The Balaban J connectivity index is 1.73. The predicted octanol–water partition coefficient (Wildman–Crippen LogP) is 1.83. The van der Waals surface area contributed by atoms with Crippen LogP contribution in [0.3, 0.4) is 0 Å². The van der Waals surface area contributed by atoms with Crippen LogP contribution in [-0.2, 0) is 23.9 Å². The number of fused-ring (bicyclic) bond motifs is 3. The Hall–Kier alpha value is -1.53. The predicted molar refractivity (Wildman–Crippen MR) is 98.0 cm³/mol. The van der Waals surface area contributed by atoms with Gasteiger partial charge in [0.1, 0.15) is 18.0 Å². The third-order valence-corrected chi connectivity index (χ3v) is 8.89. The molecule has 2 spiro atoms. The van der Waals surface area contributed by atoms with E-state index in [1.807, 2.05) is 13.8 Å². The van der Waals surface area contributed by atoms with Gasteiger partial charge in [0.05, 0.1) is 23.5 Å². The average molecular weight is 388 g/mol. The Labute approximate surface area is 164 Å². The largest absolute Gasteiger partial charge is 0.457 e. The smallest absolute Gasteiger partial charge is 0.303 e. The summed E-state index contributed by atoms with van der Waals surface area (Å²) < 4.78 is 11.8. The number of ether oxygens (including phenoxy) is 2. The first-order chi connectivity index (χ1) is 13.1. The van der Waals surface area contributed by atoms with E-state index in [4.69, 9.17) is 9.47 Å². The topological polar surface area (TPSA) is 89.9 Å². The molecule has 5 unspecified atom stereocenters. The fourth-order valence-corrected chi connectivity index (χ4v) is 7.86. The van der Waals surface area contributed by atoms with Gasteiger partial charge in [-0.1, -0.05) is 20.4 Å².